The largest absolute Gasteiger partial charge is 0.332 e. The minimum atomic E-state index is -0.118. The summed E-state index contributed by atoms with van der Waals surface area (Å²) in [6, 6.07) is 15.7. The number of likely N-dealkylation sites (tertiary alicyclic amines) is 1. The third-order valence-electron chi connectivity index (χ3n) is 4.43. The Bertz CT molecular complexity index is 735. The number of aryl methyl sites for hydroxylation is 1. The first-order valence-electron chi connectivity index (χ1n) is 8.30. The lowest BCUT2D eigenvalue weighted by Gasteiger charge is -2.25. The number of anilines is 1. The van der Waals surface area contributed by atoms with Crippen LogP contribution in [-0.4, -0.2) is 23.3 Å². The summed E-state index contributed by atoms with van der Waals surface area (Å²) < 4.78 is 0. The van der Waals surface area contributed by atoms with Gasteiger partial charge in [0.2, 0.25) is 5.91 Å². The molecule has 1 unspecified atom stereocenters. The highest BCUT2D eigenvalue weighted by atomic mass is 16.2. The van der Waals surface area contributed by atoms with Gasteiger partial charge in [0.1, 0.15) is 0 Å². The highest BCUT2D eigenvalue weighted by Crippen LogP contribution is 2.33. The molecule has 124 valence electrons. The fourth-order valence-electron chi connectivity index (χ4n) is 3.21. The molecule has 2 amide bonds. The minimum Gasteiger partial charge on any atom is -0.332 e. The summed E-state index contributed by atoms with van der Waals surface area (Å²) in [6.07, 6.45) is 2.02. The number of rotatable bonds is 3. The number of nitrogens with one attached hydrogen (secondary N) is 1. The van der Waals surface area contributed by atoms with E-state index in [0.29, 0.717) is 11.3 Å². The van der Waals surface area contributed by atoms with Gasteiger partial charge in [0.25, 0.3) is 5.91 Å². The highest BCUT2D eigenvalue weighted by Gasteiger charge is 2.30. The molecule has 1 aliphatic heterocycles. The van der Waals surface area contributed by atoms with Gasteiger partial charge in [-0.2, -0.15) is 0 Å². The molecule has 0 saturated carbocycles. The molecule has 2 aromatic carbocycles. The monoisotopic (exact) mass is 322 g/mol. The van der Waals surface area contributed by atoms with Crippen LogP contribution in [0.5, 0.6) is 0 Å². The molecule has 0 spiro atoms. The second-order valence-electron chi connectivity index (χ2n) is 6.33. The first-order chi connectivity index (χ1) is 11.5. The first-order valence-corrected chi connectivity index (χ1v) is 8.30. The van der Waals surface area contributed by atoms with Gasteiger partial charge in [0, 0.05) is 24.7 Å². The number of benzene rings is 2. The van der Waals surface area contributed by atoms with Gasteiger partial charge in [-0.25, -0.2) is 0 Å². The van der Waals surface area contributed by atoms with E-state index in [1.807, 2.05) is 4.90 Å². The van der Waals surface area contributed by atoms with E-state index in [2.05, 4.69) is 36.5 Å². The molecule has 4 heteroatoms. The molecule has 4 nitrogen and oxygen atoms in total. The zero-order valence-corrected chi connectivity index (χ0v) is 14.1. The Balaban J connectivity index is 1.78. The van der Waals surface area contributed by atoms with Crippen molar-refractivity contribution in [3.05, 3.63) is 65.2 Å². The van der Waals surface area contributed by atoms with E-state index < -0.39 is 0 Å². The molecule has 1 heterocycles. The average molecular weight is 322 g/mol. The maximum Gasteiger partial charge on any atom is 0.254 e. The zero-order chi connectivity index (χ0) is 17.1. The van der Waals surface area contributed by atoms with Crippen LogP contribution in [0.25, 0.3) is 0 Å². The maximum absolute atomic E-state index is 12.9. The van der Waals surface area contributed by atoms with Crippen molar-refractivity contribution in [3.8, 4) is 0 Å². The van der Waals surface area contributed by atoms with Crippen molar-refractivity contribution in [3.63, 3.8) is 0 Å². The van der Waals surface area contributed by atoms with Crippen LogP contribution in [-0.2, 0) is 4.79 Å². The molecule has 1 fully saturated rings. The SMILES string of the molecule is CC(=O)Nc1ccc(C(=O)N2CCCC2c2ccc(C)cc2)cc1. The summed E-state index contributed by atoms with van der Waals surface area (Å²) in [6.45, 7) is 4.32. The Kier molecular flexibility index (Phi) is 4.65. The molecule has 1 saturated heterocycles. The van der Waals surface area contributed by atoms with E-state index in [0.717, 1.165) is 19.4 Å². The molecule has 1 aliphatic rings. The third kappa shape index (κ3) is 3.48. The second-order valence-corrected chi connectivity index (χ2v) is 6.33. The van der Waals surface area contributed by atoms with Crippen LogP contribution in [0.15, 0.2) is 48.5 Å². The predicted molar refractivity (Wildman–Crippen MR) is 94.9 cm³/mol. The Morgan fingerprint density at radius 1 is 1.04 bits per heavy atom. The van der Waals surface area contributed by atoms with Gasteiger partial charge in [-0.1, -0.05) is 29.8 Å². The van der Waals surface area contributed by atoms with Crippen LogP contribution in [0.4, 0.5) is 5.69 Å². The predicted octanol–water partition coefficient (Wildman–Crippen LogP) is 3.93. The van der Waals surface area contributed by atoms with E-state index in [4.69, 9.17) is 0 Å². The summed E-state index contributed by atoms with van der Waals surface area (Å²) in [5, 5.41) is 2.72. The standard InChI is InChI=1S/C20H22N2O2/c1-14-5-7-16(8-6-14)19-4-3-13-22(19)20(24)17-9-11-18(12-10-17)21-15(2)23/h5-12,19H,3-4,13H2,1-2H3,(H,21,23). The van der Waals surface area contributed by atoms with E-state index in [9.17, 15) is 9.59 Å². The lowest BCUT2D eigenvalue weighted by Crippen LogP contribution is -2.30. The fraction of sp³-hybridized carbons (Fsp3) is 0.300. The van der Waals surface area contributed by atoms with Crippen molar-refractivity contribution in [2.45, 2.75) is 32.7 Å². The van der Waals surface area contributed by atoms with Crippen LogP contribution in [0.1, 0.15) is 47.3 Å². The van der Waals surface area contributed by atoms with E-state index in [-0.39, 0.29) is 17.9 Å². The first kappa shape index (κ1) is 16.2. The van der Waals surface area contributed by atoms with Crippen molar-refractivity contribution >= 4 is 17.5 Å². The molecule has 1 atom stereocenters. The average Bonchev–Trinajstić information content (AvgIpc) is 3.04. The number of hydrogen-bond acceptors (Lipinski definition) is 2. The Morgan fingerprint density at radius 3 is 2.33 bits per heavy atom. The molecular weight excluding hydrogens is 300 g/mol. The van der Waals surface area contributed by atoms with Crippen molar-refractivity contribution < 1.29 is 9.59 Å². The molecule has 0 aliphatic carbocycles. The van der Waals surface area contributed by atoms with Crippen molar-refractivity contribution in [1.82, 2.24) is 4.90 Å². The van der Waals surface area contributed by atoms with Crippen LogP contribution < -0.4 is 5.32 Å². The van der Waals surface area contributed by atoms with Gasteiger partial charge in [0.05, 0.1) is 6.04 Å². The smallest absolute Gasteiger partial charge is 0.254 e. The van der Waals surface area contributed by atoms with E-state index in [1.54, 1.807) is 24.3 Å². The number of nitrogens with zero attached hydrogens (tertiary/aromatic N) is 1. The number of amides is 2. The van der Waals surface area contributed by atoms with Crippen LogP contribution in [0.2, 0.25) is 0 Å². The summed E-state index contributed by atoms with van der Waals surface area (Å²) in [4.78, 5) is 25.9. The Labute approximate surface area is 142 Å². The minimum absolute atomic E-state index is 0.0486. The number of carbonyl (C=O) groups excluding carboxylic acids is 2. The second kappa shape index (κ2) is 6.87. The van der Waals surface area contributed by atoms with Gasteiger partial charge in [-0.05, 0) is 49.6 Å². The summed E-state index contributed by atoms with van der Waals surface area (Å²) in [5.41, 5.74) is 3.78. The van der Waals surface area contributed by atoms with Crippen LogP contribution in [0.3, 0.4) is 0 Å². The Hall–Kier alpha value is -2.62. The normalized spacial score (nSPS) is 16.9. The van der Waals surface area contributed by atoms with Gasteiger partial charge in [0.15, 0.2) is 0 Å². The van der Waals surface area contributed by atoms with E-state index >= 15 is 0 Å². The highest BCUT2D eigenvalue weighted by molar-refractivity contribution is 5.96. The quantitative estimate of drug-likeness (QED) is 0.931. The Morgan fingerprint density at radius 2 is 1.71 bits per heavy atom. The lowest BCUT2D eigenvalue weighted by molar-refractivity contribution is -0.114. The van der Waals surface area contributed by atoms with Gasteiger partial charge in [-0.15, -0.1) is 0 Å². The zero-order valence-electron chi connectivity index (χ0n) is 14.1. The van der Waals surface area contributed by atoms with Crippen LogP contribution in [0, 0.1) is 6.92 Å². The molecule has 3 rings (SSSR count). The van der Waals surface area contributed by atoms with Crippen LogP contribution >= 0.6 is 0 Å². The van der Waals surface area contributed by atoms with Gasteiger partial charge in [-0.3, -0.25) is 9.59 Å². The summed E-state index contributed by atoms with van der Waals surface area (Å²) in [5.74, 6) is -0.0690. The molecule has 0 aromatic heterocycles. The molecule has 24 heavy (non-hydrogen) atoms. The van der Waals surface area contributed by atoms with Gasteiger partial charge >= 0.3 is 0 Å². The topological polar surface area (TPSA) is 49.4 Å². The maximum atomic E-state index is 12.9. The lowest BCUT2D eigenvalue weighted by atomic mass is 10.0. The molecule has 2 aromatic rings. The van der Waals surface area contributed by atoms with E-state index in [1.165, 1.54) is 18.1 Å². The van der Waals surface area contributed by atoms with Crippen molar-refractivity contribution in [2.24, 2.45) is 0 Å². The number of hydrogen-bond donors (Lipinski definition) is 1. The summed E-state index contributed by atoms with van der Waals surface area (Å²) in [7, 11) is 0. The van der Waals surface area contributed by atoms with Crippen molar-refractivity contribution in [2.75, 3.05) is 11.9 Å². The number of carbonyl (C=O) groups is 2. The summed E-state index contributed by atoms with van der Waals surface area (Å²) >= 11 is 0. The third-order valence-corrected chi connectivity index (χ3v) is 4.43. The molecule has 0 radical (unpaired) electrons. The molecule has 1 N–H and O–H groups in total. The van der Waals surface area contributed by atoms with Gasteiger partial charge < -0.3 is 10.2 Å². The molecular formula is C20H22N2O2. The molecule has 0 bridgehead atoms. The van der Waals surface area contributed by atoms with Crippen molar-refractivity contribution in [1.29, 1.82) is 0 Å². The fourth-order valence-corrected chi connectivity index (χ4v) is 3.21.